The van der Waals surface area contributed by atoms with Gasteiger partial charge in [-0.15, -0.1) is 0 Å². The number of para-hydroxylation sites is 1. The van der Waals surface area contributed by atoms with Crippen LogP contribution in [-0.4, -0.2) is 10.6 Å². The van der Waals surface area contributed by atoms with Crippen molar-refractivity contribution in [2.24, 2.45) is 11.8 Å². The van der Waals surface area contributed by atoms with Crippen LogP contribution < -0.4 is 4.90 Å². The van der Waals surface area contributed by atoms with Crippen molar-refractivity contribution in [3.8, 4) is 39.1 Å². The molecule has 0 bridgehead atoms. The molecular weight excluding hydrogens is 629 g/mol. The third kappa shape index (κ3) is 5.12. The molecular formula is C50H40N2. The predicted molar refractivity (Wildman–Crippen MR) is 220 cm³/mol. The number of anilines is 1. The molecule has 52 heavy (non-hydrogen) atoms. The minimum absolute atomic E-state index is 0.261. The normalized spacial score (nSPS) is 19.0. The Bertz CT molecular complexity index is 2480. The highest BCUT2D eigenvalue weighted by atomic mass is 15.2. The fourth-order valence-electron chi connectivity index (χ4n) is 8.67. The van der Waals surface area contributed by atoms with E-state index in [1.165, 1.54) is 50.2 Å². The van der Waals surface area contributed by atoms with E-state index in [1.807, 2.05) is 12.1 Å². The molecule has 0 radical (unpaired) electrons. The molecule has 0 spiro atoms. The molecule has 2 heteroatoms. The average Bonchev–Trinajstić information content (AvgIpc) is 3.71. The molecule has 9 rings (SSSR count). The molecule has 2 heterocycles. The smallest absolute Gasteiger partial charge is 0.0626 e. The summed E-state index contributed by atoms with van der Waals surface area (Å²) < 4.78 is 2.37. The van der Waals surface area contributed by atoms with Crippen LogP contribution in [0.1, 0.15) is 31.5 Å². The van der Waals surface area contributed by atoms with Crippen molar-refractivity contribution in [1.82, 2.24) is 4.57 Å². The molecule has 0 fully saturated rings. The number of aromatic nitrogens is 1. The number of nitrogens with zero attached hydrogens (tertiary/aromatic N) is 2. The molecule has 2 nitrogen and oxygen atoms in total. The van der Waals surface area contributed by atoms with E-state index in [9.17, 15) is 0 Å². The van der Waals surface area contributed by atoms with E-state index in [-0.39, 0.29) is 6.04 Å². The Balaban J connectivity index is 1.27. The van der Waals surface area contributed by atoms with E-state index < -0.39 is 0 Å². The zero-order valence-corrected chi connectivity index (χ0v) is 29.6. The minimum Gasteiger partial charge on any atom is -0.337 e. The van der Waals surface area contributed by atoms with Gasteiger partial charge in [-0.3, -0.25) is 0 Å². The number of allylic oxidation sites excluding steroid dienone is 6. The van der Waals surface area contributed by atoms with E-state index >= 15 is 0 Å². The minimum atomic E-state index is 0.261. The van der Waals surface area contributed by atoms with E-state index in [0.717, 1.165) is 34.4 Å². The summed E-state index contributed by atoms with van der Waals surface area (Å²) in [6.45, 7) is 8.65. The van der Waals surface area contributed by atoms with Gasteiger partial charge in [0.25, 0.3) is 0 Å². The molecule has 0 N–H and O–H groups in total. The number of fused-ring (bicyclic) bond motifs is 3. The molecule has 0 amide bonds. The first-order valence-corrected chi connectivity index (χ1v) is 18.3. The fourth-order valence-corrected chi connectivity index (χ4v) is 8.67. The predicted octanol–water partition coefficient (Wildman–Crippen LogP) is 12.7. The van der Waals surface area contributed by atoms with Crippen LogP contribution in [0.3, 0.4) is 0 Å². The van der Waals surface area contributed by atoms with Crippen LogP contribution >= 0.6 is 0 Å². The monoisotopic (exact) mass is 668 g/mol. The number of rotatable bonds is 7. The van der Waals surface area contributed by atoms with Crippen LogP contribution in [0.5, 0.6) is 0 Å². The highest BCUT2D eigenvalue weighted by Gasteiger charge is 2.41. The van der Waals surface area contributed by atoms with Crippen molar-refractivity contribution in [3.05, 3.63) is 193 Å². The van der Waals surface area contributed by atoms with Crippen molar-refractivity contribution in [1.29, 1.82) is 0 Å². The van der Waals surface area contributed by atoms with Gasteiger partial charge in [-0.05, 0) is 107 Å². The summed E-state index contributed by atoms with van der Waals surface area (Å²) in [7, 11) is 0. The Kier molecular flexibility index (Phi) is 7.98. The first-order valence-electron chi connectivity index (χ1n) is 18.3. The van der Waals surface area contributed by atoms with Crippen LogP contribution in [0, 0.1) is 24.0 Å². The Morgan fingerprint density at radius 1 is 0.769 bits per heavy atom. The van der Waals surface area contributed by atoms with Crippen LogP contribution in [0.4, 0.5) is 5.69 Å². The van der Waals surface area contributed by atoms with Crippen molar-refractivity contribution in [2.45, 2.75) is 26.3 Å². The Morgan fingerprint density at radius 2 is 1.52 bits per heavy atom. The Labute approximate surface area is 307 Å². The lowest BCUT2D eigenvalue weighted by Gasteiger charge is -2.34. The lowest BCUT2D eigenvalue weighted by molar-refractivity contribution is 0.637. The molecule has 3 atom stereocenters. The summed E-state index contributed by atoms with van der Waals surface area (Å²) in [4.78, 5) is 2.61. The SMILES string of the molecule is C=Cc1c(/C=C\C)n(-c2ccc(-c3ccc(N4C5=C(C=CC[C@H]5C)[C@@H]5C=CC=CC54)cc3-c3cc#ccc3)c(-c3ccccc3)c2)c2ccccc12. The molecule has 2 aliphatic carbocycles. The fraction of sp³-hybridized carbons (Fsp3) is 0.120. The van der Waals surface area contributed by atoms with Gasteiger partial charge < -0.3 is 9.47 Å². The zero-order valence-electron chi connectivity index (χ0n) is 29.6. The Morgan fingerprint density at radius 3 is 2.31 bits per heavy atom. The van der Waals surface area contributed by atoms with Crippen molar-refractivity contribution >= 4 is 28.7 Å². The second kappa shape index (κ2) is 13.1. The van der Waals surface area contributed by atoms with Gasteiger partial charge in [0.2, 0.25) is 0 Å². The molecule has 0 saturated heterocycles. The first-order chi connectivity index (χ1) is 25.7. The standard InChI is InChI=1S/C50H40N2/c1-4-17-47-39(5-2)42-23-12-14-26-48(42)51(47)37-28-30-40(45(32-37)35-19-8-6-9-20-35)41-31-29-38(33-46(41)36-21-10-7-11-22-36)52-49-27-15-13-24-43(49)44-25-16-18-34(3)50(44)52/h4-6,8-10,12-17,19-34,43,49H,2,18H2,1,3H3/b17-4-/t34-,43+,49?/m1/s1. The third-order valence-electron chi connectivity index (χ3n) is 10.9. The molecule has 0 saturated carbocycles. The van der Waals surface area contributed by atoms with Gasteiger partial charge in [0.15, 0.2) is 0 Å². The van der Waals surface area contributed by atoms with Crippen LogP contribution in [-0.2, 0) is 0 Å². The van der Waals surface area contributed by atoms with Gasteiger partial charge >= 0.3 is 0 Å². The third-order valence-corrected chi connectivity index (χ3v) is 10.9. The van der Waals surface area contributed by atoms with Gasteiger partial charge in [-0.2, -0.15) is 0 Å². The summed E-state index contributed by atoms with van der Waals surface area (Å²) in [6.07, 6.45) is 21.2. The lowest BCUT2D eigenvalue weighted by Crippen LogP contribution is -2.34. The maximum Gasteiger partial charge on any atom is 0.0626 e. The quantitative estimate of drug-likeness (QED) is 0.164. The van der Waals surface area contributed by atoms with Gasteiger partial charge in [-0.25, -0.2) is 0 Å². The summed E-state index contributed by atoms with van der Waals surface area (Å²) >= 11 is 0. The number of hydrogen-bond donors (Lipinski definition) is 0. The molecule has 5 aromatic carbocycles. The molecule has 1 aliphatic heterocycles. The molecule has 1 unspecified atom stereocenters. The summed E-state index contributed by atoms with van der Waals surface area (Å²) in [5, 5.41) is 1.19. The number of hydrogen-bond acceptors (Lipinski definition) is 1. The van der Waals surface area contributed by atoms with Gasteiger partial charge in [0.1, 0.15) is 0 Å². The van der Waals surface area contributed by atoms with Gasteiger partial charge in [-0.1, -0.05) is 135 Å². The lowest BCUT2D eigenvalue weighted by atomic mass is 9.86. The van der Waals surface area contributed by atoms with Crippen molar-refractivity contribution in [3.63, 3.8) is 0 Å². The van der Waals surface area contributed by atoms with Crippen LogP contribution in [0.25, 0.3) is 62.1 Å². The number of benzene rings is 4. The summed E-state index contributed by atoms with van der Waals surface area (Å²) in [5.41, 5.74) is 15.7. The summed E-state index contributed by atoms with van der Waals surface area (Å²) in [5.74, 6) is 0.809. The van der Waals surface area contributed by atoms with Crippen molar-refractivity contribution < 1.29 is 0 Å². The highest BCUT2D eigenvalue weighted by molar-refractivity contribution is 5.97. The largest absolute Gasteiger partial charge is 0.337 e. The molecule has 3 aliphatic rings. The molecule has 250 valence electrons. The maximum absolute atomic E-state index is 4.20. The second-order valence-electron chi connectivity index (χ2n) is 13.9. The van der Waals surface area contributed by atoms with E-state index in [2.05, 4.69) is 194 Å². The van der Waals surface area contributed by atoms with E-state index in [0.29, 0.717) is 11.8 Å². The van der Waals surface area contributed by atoms with E-state index in [1.54, 1.807) is 0 Å². The first kappa shape index (κ1) is 31.7. The average molecular weight is 669 g/mol. The van der Waals surface area contributed by atoms with Crippen LogP contribution in [0.15, 0.2) is 170 Å². The topological polar surface area (TPSA) is 8.17 Å². The molecule has 6 aromatic rings. The van der Waals surface area contributed by atoms with Gasteiger partial charge in [0, 0.05) is 39.9 Å². The molecule has 1 aromatic heterocycles. The zero-order chi connectivity index (χ0) is 35.2. The highest BCUT2D eigenvalue weighted by Crippen LogP contribution is 2.49. The van der Waals surface area contributed by atoms with E-state index in [4.69, 9.17) is 0 Å². The summed E-state index contributed by atoms with van der Waals surface area (Å²) in [6, 6.07) is 46.3. The second-order valence-corrected chi connectivity index (χ2v) is 13.9. The Hall–Kier alpha value is -6.30. The van der Waals surface area contributed by atoms with Gasteiger partial charge in [0.05, 0.1) is 17.3 Å². The maximum atomic E-state index is 4.20. The van der Waals surface area contributed by atoms with Crippen LogP contribution in [0.2, 0.25) is 0 Å². The van der Waals surface area contributed by atoms with Crippen molar-refractivity contribution in [2.75, 3.05) is 4.90 Å².